The molecule has 1 N–H and O–H groups in total. The van der Waals surface area contributed by atoms with Crippen molar-refractivity contribution in [1.29, 1.82) is 0 Å². The number of halogens is 6. The molecule has 0 unspecified atom stereocenters. The zero-order chi connectivity index (χ0) is 26.2. The summed E-state index contributed by atoms with van der Waals surface area (Å²) in [4.78, 5) is 15.6. The minimum Gasteiger partial charge on any atom is -0.468 e. The third-order valence-corrected chi connectivity index (χ3v) is 8.60. The largest absolute Gasteiger partial charge is 0.468 e. The Kier molecular flexibility index (Phi) is 7.13. The van der Waals surface area contributed by atoms with E-state index in [-0.39, 0.29) is 30.3 Å². The Morgan fingerprint density at radius 3 is 2.29 bits per heavy atom. The van der Waals surface area contributed by atoms with Gasteiger partial charge in [-0.25, -0.2) is 13.4 Å². The summed E-state index contributed by atoms with van der Waals surface area (Å²) >= 11 is 0. The van der Waals surface area contributed by atoms with Gasteiger partial charge in [-0.05, 0) is 56.9 Å². The van der Waals surface area contributed by atoms with Crippen LogP contribution in [-0.2, 0) is 16.0 Å². The quantitative estimate of drug-likeness (QED) is 0.526. The van der Waals surface area contributed by atoms with E-state index in [4.69, 9.17) is 0 Å². The Hall–Kier alpha value is -2.83. The van der Waals surface area contributed by atoms with Crippen molar-refractivity contribution in [3.8, 4) is 5.88 Å². The maximum Gasteiger partial charge on any atom is 0.422 e. The fourth-order valence-corrected chi connectivity index (χ4v) is 5.47. The second-order valence-electron chi connectivity index (χ2n) is 8.76. The van der Waals surface area contributed by atoms with E-state index < -0.39 is 55.8 Å². The number of rotatable bonds is 7. The first-order chi connectivity index (χ1) is 16.0. The van der Waals surface area contributed by atoms with E-state index in [1.165, 1.54) is 19.9 Å². The van der Waals surface area contributed by atoms with Crippen molar-refractivity contribution in [2.75, 3.05) is 6.61 Å². The molecule has 0 radical (unpaired) electrons. The highest BCUT2D eigenvalue weighted by molar-refractivity contribution is 7.92. The van der Waals surface area contributed by atoms with Crippen molar-refractivity contribution >= 4 is 15.7 Å². The van der Waals surface area contributed by atoms with E-state index in [1.54, 1.807) is 0 Å². The first-order valence-corrected chi connectivity index (χ1v) is 11.9. The Labute approximate surface area is 197 Å². The van der Waals surface area contributed by atoms with Gasteiger partial charge in [0, 0.05) is 18.3 Å². The van der Waals surface area contributed by atoms with Gasteiger partial charge in [0.1, 0.15) is 0 Å². The monoisotopic (exact) mass is 524 g/mol. The van der Waals surface area contributed by atoms with Crippen LogP contribution in [0.1, 0.15) is 42.6 Å². The van der Waals surface area contributed by atoms with E-state index in [2.05, 4.69) is 15.0 Å². The minimum absolute atomic E-state index is 0.0728. The summed E-state index contributed by atoms with van der Waals surface area (Å²) in [5.74, 6) is -1.28. The van der Waals surface area contributed by atoms with E-state index in [0.717, 1.165) is 30.5 Å². The molecule has 3 rings (SSSR count). The first-order valence-electron chi connectivity index (χ1n) is 10.4. The van der Waals surface area contributed by atoms with Crippen LogP contribution in [0.25, 0.3) is 0 Å². The topological polar surface area (TPSA) is 85.4 Å². The number of nitrogens with one attached hydrogen (secondary N) is 1. The normalized spacial score (nSPS) is 19.1. The number of amides is 1. The number of carbonyl (C=O) groups excluding carboxylic acids is 1. The number of ether oxygens (including phenoxy) is 1. The summed E-state index contributed by atoms with van der Waals surface area (Å²) in [5, 5.41) is 2.69. The van der Waals surface area contributed by atoms with Gasteiger partial charge in [-0.3, -0.25) is 4.79 Å². The summed E-state index contributed by atoms with van der Waals surface area (Å²) in [6, 6.07) is 5.56. The van der Waals surface area contributed by atoms with Crippen molar-refractivity contribution in [3.05, 3.63) is 53.7 Å². The van der Waals surface area contributed by atoms with Crippen LogP contribution >= 0.6 is 0 Å². The zero-order valence-corrected chi connectivity index (χ0v) is 19.4. The number of alkyl halides is 6. The van der Waals surface area contributed by atoms with Crippen molar-refractivity contribution in [2.45, 2.75) is 54.7 Å². The second kappa shape index (κ2) is 9.32. The number of pyridine rings is 1. The highest BCUT2D eigenvalue weighted by Crippen LogP contribution is 2.44. The Bertz CT molecular complexity index is 1170. The summed E-state index contributed by atoms with van der Waals surface area (Å²) in [6.45, 7) is 1.36. The Balaban J connectivity index is 1.60. The Morgan fingerprint density at radius 1 is 1.09 bits per heavy atom. The molecule has 1 aliphatic carbocycles. The van der Waals surface area contributed by atoms with Crippen molar-refractivity contribution in [2.24, 2.45) is 5.92 Å². The number of sulfone groups is 1. The lowest BCUT2D eigenvalue weighted by Gasteiger charge is -2.45. The summed E-state index contributed by atoms with van der Waals surface area (Å²) in [5.41, 5.74) is -0.986. The molecule has 0 bridgehead atoms. The number of carbonyl (C=O) groups is 1. The second-order valence-corrected chi connectivity index (χ2v) is 11.3. The van der Waals surface area contributed by atoms with Crippen LogP contribution in [0.3, 0.4) is 0 Å². The number of hydrogen-bond acceptors (Lipinski definition) is 5. The standard InChI is InChI=1S/C22H22F6N2O4S/c1-20(2,35(32,33)17-5-3-4-14(10-17)22(26,27)28)15-8-16(9-15)30-19(31)13-6-7-18(29-11-13)34-12-21(23,24)25/h3-7,10-11,15-16H,8-9,12H2,1-2H3,(H,30,31)/t15-,16-. The van der Waals surface area contributed by atoms with E-state index in [9.17, 15) is 39.6 Å². The summed E-state index contributed by atoms with van der Waals surface area (Å²) in [6.07, 6.45) is -7.60. The minimum atomic E-state index is -4.68. The van der Waals surface area contributed by atoms with E-state index in [0.29, 0.717) is 6.07 Å². The number of nitrogens with zero attached hydrogens (tertiary/aromatic N) is 1. The molecule has 6 nitrogen and oxygen atoms in total. The molecule has 1 saturated carbocycles. The lowest BCUT2D eigenvalue weighted by Crippen LogP contribution is -2.53. The molecular weight excluding hydrogens is 502 g/mol. The van der Waals surface area contributed by atoms with Gasteiger partial charge in [-0.15, -0.1) is 0 Å². The van der Waals surface area contributed by atoms with Gasteiger partial charge in [-0.2, -0.15) is 26.3 Å². The van der Waals surface area contributed by atoms with Gasteiger partial charge in [0.15, 0.2) is 16.4 Å². The molecule has 0 saturated heterocycles. The Morgan fingerprint density at radius 2 is 1.74 bits per heavy atom. The van der Waals surface area contributed by atoms with Crippen molar-refractivity contribution in [3.63, 3.8) is 0 Å². The molecule has 1 aliphatic rings. The maximum absolute atomic E-state index is 13.1. The lowest BCUT2D eigenvalue weighted by molar-refractivity contribution is -0.154. The predicted molar refractivity (Wildman–Crippen MR) is 112 cm³/mol. The third-order valence-electron chi connectivity index (χ3n) is 6.00. The predicted octanol–water partition coefficient (Wildman–Crippen LogP) is 4.80. The maximum atomic E-state index is 13.1. The highest BCUT2D eigenvalue weighted by Gasteiger charge is 2.49. The van der Waals surface area contributed by atoms with Gasteiger partial charge < -0.3 is 10.1 Å². The SMILES string of the molecule is CC(C)([C@H]1C[C@H](NC(=O)c2ccc(OCC(F)(F)F)nc2)C1)S(=O)(=O)c1cccc(C(F)(F)F)c1. The molecule has 0 atom stereocenters. The van der Waals surface area contributed by atoms with Crippen LogP contribution in [0.2, 0.25) is 0 Å². The molecule has 13 heteroatoms. The van der Waals surface area contributed by atoms with Crippen LogP contribution in [0, 0.1) is 5.92 Å². The number of benzene rings is 1. The molecule has 1 aromatic heterocycles. The summed E-state index contributed by atoms with van der Waals surface area (Å²) in [7, 11) is -4.12. The van der Waals surface area contributed by atoms with Crippen molar-refractivity contribution in [1.82, 2.24) is 10.3 Å². The molecule has 1 amide bonds. The molecule has 0 aliphatic heterocycles. The zero-order valence-electron chi connectivity index (χ0n) is 18.6. The summed E-state index contributed by atoms with van der Waals surface area (Å²) < 4.78 is 105. The van der Waals surface area contributed by atoms with Crippen LogP contribution < -0.4 is 10.1 Å². The molecule has 1 fully saturated rings. The van der Waals surface area contributed by atoms with Crippen molar-refractivity contribution < 1.29 is 44.3 Å². The van der Waals surface area contributed by atoms with Gasteiger partial charge in [-0.1, -0.05) is 6.07 Å². The van der Waals surface area contributed by atoms with E-state index >= 15 is 0 Å². The molecule has 192 valence electrons. The average molecular weight is 524 g/mol. The van der Waals surface area contributed by atoms with E-state index in [1.807, 2.05) is 0 Å². The lowest BCUT2D eigenvalue weighted by atomic mass is 9.73. The average Bonchev–Trinajstić information content (AvgIpc) is 2.73. The smallest absolute Gasteiger partial charge is 0.422 e. The van der Waals surface area contributed by atoms with Gasteiger partial charge in [0.25, 0.3) is 5.91 Å². The van der Waals surface area contributed by atoms with Gasteiger partial charge >= 0.3 is 12.4 Å². The van der Waals surface area contributed by atoms with Crippen LogP contribution in [0.5, 0.6) is 5.88 Å². The fourth-order valence-electron chi connectivity index (χ4n) is 3.69. The molecular formula is C22H22F6N2O4S. The van der Waals surface area contributed by atoms with Crippen LogP contribution in [0.15, 0.2) is 47.5 Å². The molecule has 2 aromatic rings. The third kappa shape index (κ3) is 6.06. The fraction of sp³-hybridized carbons (Fsp3) is 0.455. The molecule has 1 aromatic carbocycles. The first kappa shape index (κ1) is 26.8. The highest BCUT2D eigenvalue weighted by atomic mass is 32.2. The van der Waals surface area contributed by atoms with Gasteiger partial charge in [0.05, 0.1) is 20.8 Å². The number of aromatic nitrogens is 1. The molecule has 0 spiro atoms. The number of hydrogen-bond donors (Lipinski definition) is 1. The van der Waals surface area contributed by atoms with Gasteiger partial charge in [0.2, 0.25) is 5.88 Å². The molecule has 35 heavy (non-hydrogen) atoms. The van der Waals surface area contributed by atoms with Crippen LogP contribution in [-0.4, -0.2) is 42.9 Å². The molecule has 1 heterocycles. The van der Waals surface area contributed by atoms with Crippen LogP contribution in [0.4, 0.5) is 26.3 Å².